The van der Waals surface area contributed by atoms with Gasteiger partial charge in [-0.2, -0.15) is 0 Å². The number of rotatable bonds is 2. The van der Waals surface area contributed by atoms with Gasteiger partial charge in [-0.05, 0) is 40.8 Å². The minimum Gasteiger partial charge on any atom is -0.406 e. The van der Waals surface area contributed by atoms with Crippen LogP contribution in [-0.2, 0) is 0 Å². The highest BCUT2D eigenvalue weighted by atomic mass is 127. The lowest BCUT2D eigenvalue weighted by Gasteiger charge is -2.03. The van der Waals surface area contributed by atoms with Gasteiger partial charge in [0.1, 0.15) is 3.70 Å². The van der Waals surface area contributed by atoms with Gasteiger partial charge in [0.2, 0.25) is 0 Å². The Morgan fingerprint density at radius 1 is 1.05 bits per heavy atom. The van der Waals surface area contributed by atoms with Crippen molar-refractivity contribution in [3.63, 3.8) is 0 Å². The summed E-state index contributed by atoms with van der Waals surface area (Å²) in [5.74, 6) is 0.145. The van der Waals surface area contributed by atoms with Gasteiger partial charge in [0, 0.05) is 10.6 Å². The van der Waals surface area contributed by atoms with Crippen LogP contribution < -0.4 is 5.76 Å². The van der Waals surface area contributed by atoms with Crippen molar-refractivity contribution in [3.8, 4) is 17.0 Å². The van der Waals surface area contributed by atoms with E-state index in [1.54, 1.807) is 18.2 Å². The number of benzene rings is 2. The second kappa shape index (κ2) is 5.46. The molecule has 0 fully saturated rings. The van der Waals surface area contributed by atoms with Crippen LogP contribution in [0.15, 0.2) is 63.8 Å². The first kappa shape index (κ1) is 13.5. The Balaban J connectivity index is 2.20. The van der Waals surface area contributed by atoms with E-state index in [0.29, 0.717) is 16.5 Å². The van der Waals surface area contributed by atoms with Crippen molar-refractivity contribution in [2.24, 2.45) is 0 Å². The predicted molar refractivity (Wildman–Crippen MR) is 87.5 cm³/mol. The summed E-state index contributed by atoms with van der Waals surface area (Å²) in [6, 6.07) is 16.7. The van der Waals surface area contributed by atoms with E-state index in [1.165, 1.54) is 4.57 Å². The van der Waals surface area contributed by atoms with E-state index >= 15 is 0 Å². The van der Waals surface area contributed by atoms with Gasteiger partial charge in [-0.3, -0.25) is 0 Å². The first-order valence-corrected chi connectivity index (χ1v) is 7.35. The van der Waals surface area contributed by atoms with E-state index in [2.05, 4.69) is 22.6 Å². The molecule has 3 rings (SSSR count). The molecule has 2 aromatic carbocycles. The summed E-state index contributed by atoms with van der Waals surface area (Å²) >= 11 is 8.08. The number of hydrogen-bond acceptors (Lipinski definition) is 2. The zero-order chi connectivity index (χ0) is 14.1. The molecule has 3 aromatic rings. The van der Waals surface area contributed by atoms with Crippen LogP contribution in [0.4, 0.5) is 0 Å². The molecule has 0 aliphatic carbocycles. The molecule has 0 saturated carbocycles. The summed E-state index contributed by atoms with van der Waals surface area (Å²) in [5.41, 5.74) is 1.56. The molecule has 0 radical (unpaired) electrons. The Morgan fingerprint density at radius 3 is 2.50 bits per heavy atom. The summed E-state index contributed by atoms with van der Waals surface area (Å²) in [5, 5.41) is 0.577. The molecule has 0 saturated heterocycles. The fourth-order valence-electron chi connectivity index (χ4n) is 1.96. The first-order valence-electron chi connectivity index (χ1n) is 5.89. The largest absolute Gasteiger partial charge is 0.425 e. The topological polar surface area (TPSA) is 35.1 Å². The fraction of sp³-hybridized carbons (Fsp3) is 0. The van der Waals surface area contributed by atoms with Crippen LogP contribution in [0.2, 0.25) is 5.02 Å². The van der Waals surface area contributed by atoms with Crippen molar-refractivity contribution in [1.82, 2.24) is 4.57 Å². The Bertz CT molecular complexity index is 808. The van der Waals surface area contributed by atoms with Crippen LogP contribution in [0.1, 0.15) is 0 Å². The zero-order valence-electron chi connectivity index (χ0n) is 10.2. The van der Waals surface area contributed by atoms with Crippen molar-refractivity contribution < 1.29 is 4.42 Å². The third-order valence-corrected chi connectivity index (χ3v) is 4.07. The van der Waals surface area contributed by atoms with Gasteiger partial charge >= 0.3 is 5.76 Å². The quantitative estimate of drug-likeness (QED) is 0.603. The van der Waals surface area contributed by atoms with E-state index < -0.39 is 5.76 Å². The Kier molecular flexibility index (Phi) is 3.67. The molecule has 0 N–H and O–H groups in total. The maximum Gasteiger partial charge on any atom is 0.425 e. The molecule has 0 bridgehead atoms. The molecule has 3 nitrogen and oxygen atoms in total. The molecule has 1 heterocycles. The van der Waals surface area contributed by atoms with Crippen LogP contribution in [0, 0.1) is 3.70 Å². The molecule has 5 heteroatoms. The summed E-state index contributed by atoms with van der Waals surface area (Å²) in [6.45, 7) is 0. The molecule has 1 aromatic heterocycles. The van der Waals surface area contributed by atoms with E-state index in [4.69, 9.17) is 16.0 Å². The minimum atomic E-state index is -0.421. The highest BCUT2D eigenvalue weighted by molar-refractivity contribution is 14.1. The Labute approximate surface area is 133 Å². The van der Waals surface area contributed by atoms with Crippen LogP contribution in [0.25, 0.3) is 17.0 Å². The second-order valence-electron chi connectivity index (χ2n) is 4.17. The number of aromatic nitrogens is 1. The van der Waals surface area contributed by atoms with Crippen LogP contribution >= 0.6 is 34.2 Å². The zero-order valence-corrected chi connectivity index (χ0v) is 13.1. The van der Waals surface area contributed by atoms with Crippen LogP contribution in [-0.4, -0.2) is 4.57 Å². The van der Waals surface area contributed by atoms with E-state index in [1.807, 2.05) is 36.4 Å². The van der Waals surface area contributed by atoms with Gasteiger partial charge in [0.05, 0.1) is 5.69 Å². The maximum absolute atomic E-state index is 12.1. The number of halogens is 2. The smallest absolute Gasteiger partial charge is 0.406 e. The summed E-state index contributed by atoms with van der Waals surface area (Å²) < 4.78 is 7.61. The molecule has 20 heavy (non-hydrogen) atoms. The lowest BCUT2D eigenvalue weighted by atomic mass is 10.2. The molecule has 100 valence electrons. The van der Waals surface area contributed by atoms with Crippen LogP contribution in [0.3, 0.4) is 0 Å². The molecule has 0 aliphatic rings. The van der Waals surface area contributed by atoms with Gasteiger partial charge in [0.25, 0.3) is 0 Å². The Morgan fingerprint density at radius 2 is 1.80 bits per heavy atom. The Hall–Kier alpha value is -1.53. The predicted octanol–water partition coefficient (Wildman–Crippen LogP) is 4.36. The molecule has 0 amide bonds. The average Bonchev–Trinajstić information content (AvgIpc) is 2.75. The van der Waals surface area contributed by atoms with Crippen molar-refractivity contribution in [2.75, 3.05) is 0 Å². The summed E-state index contributed by atoms with van der Waals surface area (Å²) in [7, 11) is 0. The summed E-state index contributed by atoms with van der Waals surface area (Å²) in [6.07, 6.45) is 0. The molecule has 0 aliphatic heterocycles. The highest BCUT2D eigenvalue weighted by Crippen LogP contribution is 2.26. The maximum atomic E-state index is 12.1. The third kappa shape index (κ3) is 2.41. The van der Waals surface area contributed by atoms with Crippen LogP contribution in [0.5, 0.6) is 0 Å². The number of nitrogens with zero attached hydrogens (tertiary/aromatic N) is 1. The molecular weight excluding hydrogens is 389 g/mol. The van der Waals surface area contributed by atoms with Gasteiger partial charge in [-0.15, -0.1) is 0 Å². The SMILES string of the molecule is O=c1oc(-c2ccccc2)c(I)n1-c1cccc(Cl)c1. The molecule has 0 spiro atoms. The van der Waals surface area contributed by atoms with Gasteiger partial charge in [-0.1, -0.05) is 48.0 Å². The van der Waals surface area contributed by atoms with Gasteiger partial charge in [-0.25, -0.2) is 9.36 Å². The van der Waals surface area contributed by atoms with Gasteiger partial charge < -0.3 is 4.42 Å². The second-order valence-corrected chi connectivity index (χ2v) is 5.63. The van der Waals surface area contributed by atoms with Crippen molar-refractivity contribution in [3.05, 3.63) is 73.9 Å². The lowest BCUT2D eigenvalue weighted by Crippen LogP contribution is -2.13. The monoisotopic (exact) mass is 397 g/mol. The standard InChI is InChI=1S/C15H9ClINO2/c16-11-7-4-8-12(9-11)18-14(17)13(20-15(18)19)10-5-2-1-3-6-10/h1-9H. The average molecular weight is 398 g/mol. The first-order chi connectivity index (χ1) is 9.66. The summed E-state index contributed by atoms with van der Waals surface area (Å²) in [4.78, 5) is 12.1. The van der Waals surface area contributed by atoms with Crippen molar-refractivity contribution in [2.45, 2.75) is 0 Å². The van der Waals surface area contributed by atoms with Crippen molar-refractivity contribution >= 4 is 34.2 Å². The molecular formula is C15H9ClINO2. The fourth-order valence-corrected chi connectivity index (χ4v) is 3.04. The van der Waals surface area contributed by atoms with Crippen molar-refractivity contribution in [1.29, 1.82) is 0 Å². The molecule has 0 unspecified atom stereocenters. The van der Waals surface area contributed by atoms with Gasteiger partial charge in [0.15, 0.2) is 5.76 Å². The minimum absolute atomic E-state index is 0.421. The molecule has 0 atom stereocenters. The normalized spacial score (nSPS) is 10.7. The van der Waals surface area contributed by atoms with E-state index in [-0.39, 0.29) is 0 Å². The number of oxazole rings is 1. The lowest BCUT2D eigenvalue weighted by molar-refractivity contribution is 0.516. The highest BCUT2D eigenvalue weighted by Gasteiger charge is 2.17. The van der Waals surface area contributed by atoms with E-state index in [9.17, 15) is 4.79 Å². The number of hydrogen-bond donors (Lipinski definition) is 0. The third-order valence-electron chi connectivity index (χ3n) is 2.86. The van der Waals surface area contributed by atoms with E-state index in [0.717, 1.165) is 9.26 Å².